The molecule has 5 nitrogen and oxygen atoms in total. The fourth-order valence-electron chi connectivity index (χ4n) is 6.68. The Labute approximate surface area is 192 Å². The van der Waals surface area contributed by atoms with E-state index in [1.165, 1.54) is 54.7 Å². The highest BCUT2D eigenvalue weighted by Crippen LogP contribution is 2.43. The van der Waals surface area contributed by atoms with Crippen molar-refractivity contribution in [2.45, 2.75) is 50.7 Å². The number of nitrogens with one attached hydrogen (secondary N) is 1. The SMILES string of the molecule is CN1CCN(c2cccc3c2CC(CN2CCC[C@H]4CCc5cccnc5[C@H]42)NC3)CC1. The van der Waals surface area contributed by atoms with Crippen LogP contribution in [0.4, 0.5) is 5.69 Å². The van der Waals surface area contributed by atoms with Crippen LogP contribution in [0.1, 0.15) is 47.7 Å². The molecule has 170 valence electrons. The Morgan fingerprint density at radius 3 is 2.78 bits per heavy atom. The number of piperazine rings is 1. The van der Waals surface area contributed by atoms with Crippen molar-refractivity contribution >= 4 is 5.69 Å². The van der Waals surface area contributed by atoms with E-state index in [4.69, 9.17) is 4.98 Å². The molecule has 1 N–H and O–H groups in total. The monoisotopic (exact) mass is 431 g/mol. The number of hydrogen-bond donors (Lipinski definition) is 1. The van der Waals surface area contributed by atoms with Crippen molar-refractivity contribution in [3.8, 4) is 0 Å². The van der Waals surface area contributed by atoms with Gasteiger partial charge in [-0.15, -0.1) is 0 Å². The molecule has 1 aromatic heterocycles. The van der Waals surface area contributed by atoms with Gasteiger partial charge in [0.2, 0.25) is 0 Å². The highest BCUT2D eigenvalue weighted by molar-refractivity contribution is 5.58. The standard InChI is InChI=1S/C27H37N5/c1-30-13-15-31(16-14-30)25-8-2-5-22-18-29-23(17-24(22)25)19-32-12-4-7-21-10-9-20-6-3-11-28-26(20)27(21)32/h2-3,5-6,8,11,21,23,27,29H,4,7,9-10,12-19H2,1H3/t21-,23?,27-/m0/s1. The fourth-order valence-corrected chi connectivity index (χ4v) is 6.68. The van der Waals surface area contributed by atoms with Crippen LogP contribution in [-0.4, -0.2) is 67.1 Å². The maximum absolute atomic E-state index is 4.89. The van der Waals surface area contributed by atoms with E-state index in [1.807, 2.05) is 6.20 Å². The summed E-state index contributed by atoms with van der Waals surface area (Å²) >= 11 is 0. The van der Waals surface area contributed by atoms with Crippen LogP contribution in [0.25, 0.3) is 0 Å². The van der Waals surface area contributed by atoms with Crippen molar-refractivity contribution in [2.75, 3.05) is 51.2 Å². The summed E-state index contributed by atoms with van der Waals surface area (Å²) in [4.78, 5) is 12.7. The van der Waals surface area contributed by atoms with Crippen molar-refractivity contribution < 1.29 is 0 Å². The normalized spacial score (nSPS) is 28.7. The minimum atomic E-state index is 0.518. The van der Waals surface area contributed by atoms with Gasteiger partial charge in [-0.2, -0.15) is 0 Å². The Balaban J connectivity index is 1.22. The molecule has 5 heteroatoms. The topological polar surface area (TPSA) is 34.6 Å². The van der Waals surface area contributed by atoms with E-state index in [-0.39, 0.29) is 0 Å². The summed E-state index contributed by atoms with van der Waals surface area (Å²) in [6.45, 7) is 7.95. The Kier molecular flexibility index (Phi) is 5.66. The van der Waals surface area contributed by atoms with E-state index in [9.17, 15) is 0 Å². The number of nitrogens with zero attached hydrogens (tertiary/aromatic N) is 4. The van der Waals surface area contributed by atoms with Gasteiger partial charge in [0.25, 0.3) is 0 Å². The highest BCUT2D eigenvalue weighted by atomic mass is 15.3. The van der Waals surface area contributed by atoms with Crippen molar-refractivity contribution in [2.24, 2.45) is 5.92 Å². The zero-order chi connectivity index (χ0) is 21.5. The molecule has 32 heavy (non-hydrogen) atoms. The number of likely N-dealkylation sites (tertiary alicyclic amines) is 1. The lowest BCUT2D eigenvalue weighted by Crippen LogP contribution is -2.50. The molecule has 0 saturated carbocycles. The van der Waals surface area contributed by atoms with E-state index in [0.29, 0.717) is 12.1 Å². The molecule has 1 aliphatic carbocycles. The summed E-state index contributed by atoms with van der Waals surface area (Å²) < 4.78 is 0. The Morgan fingerprint density at radius 1 is 1.00 bits per heavy atom. The fraction of sp³-hybridized carbons (Fsp3) is 0.593. The second-order valence-electron chi connectivity index (χ2n) is 10.4. The van der Waals surface area contributed by atoms with E-state index in [2.05, 4.69) is 57.4 Å². The number of fused-ring (bicyclic) bond motifs is 4. The molecule has 3 atom stereocenters. The molecule has 4 heterocycles. The van der Waals surface area contributed by atoms with Crippen molar-refractivity contribution in [1.82, 2.24) is 20.1 Å². The zero-order valence-electron chi connectivity index (χ0n) is 19.5. The van der Waals surface area contributed by atoms with Crippen molar-refractivity contribution in [3.63, 3.8) is 0 Å². The first-order valence-electron chi connectivity index (χ1n) is 12.7. The van der Waals surface area contributed by atoms with Gasteiger partial charge in [-0.05, 0) is 80.4 Å². The maximum Gasteiger partial charge on any atom is 0.0610 e. The predicted molar refractivity (Wildman–Crippen MR) is 130 cm³/mol. The van der Waals surface area contributed by atoms with Gasteiger partial charge >= 0.3 is 0 Å². The third-order valence-corrected chi connectivity index (χ3v) is 8.43. The zero-order valence-corrected chi connectivity index (χ0v) is 19.5. The van der Waals surface area contributed by atoms with Crippen LogP contribution in [0.2, 0.25) is 0 Å². The number of benzene rings is 1. The number of aryl methyl sites for hydroxylation is 1. The van der Waals surface area contributed by atoms with Gasteiger partial charge in [-0.1, -0.05) is 18.2 Å². The average Bonchev–Trinajstić information content (AvgIpc) is 2.84. The quantitative estimate of drug-likeness (QED) is 0.807. The van der Waals surface area contributed by atoms with Gasteiger partial charge in [-0.25, -0.2) is 0 Å². The third-order valence-electron chi connectivity index (χ3n) is 8.43. The Hall–Kier alpha value is -1.95. The van der Waals surface area contributed by atoms with E-state index < -0.39 is 0 Å². The molecule has 0 radical (unpaired) electrons. The van der Waals surface area contributed by atoms with Gasteiger partial charge in [0.15, 0.2) is 0 Å². The van der Waals surface area contributed by atoms with Gasteiger partial charge in [0, 0.05) is 57.2 Å². The summed E-state index contributed by atoms with van der Waals surface area (Å²) in [5.74, 6) is 0.780. The molecule has 1 unspecified atom stereocenters. The number of piperidine rings is 1. The summed E-state index contributed by atoms with van der Waals surface area (Å²) in [5.41, 5.74) is 7.44. The first-order valence-corrected chi connectivity index (χ1v) is 12.7. The highest BCUT2D eigenvalue weighted by Gasteiger charge is 2.38. The average molecular weight is 432 g/mol. The molecular formula is C27H37N5. The minimum absolute atomic E-state index is 0.518. The molecule has 6 rings (SSSR count). The van der Waals surface area contributed by atoms with Crippen LogP contribution < -0.4 is 10.2 Å². The third kappa shape index (κ3) is 3.85. The molecule has 2 fully saturated rings. The predicted octanol–water partition coefficient (Wildman–Crippen LogP) is 3.25. The molecule has 0 spiro atoms. The maximum atomic E-state index is 4.89. The second-order valence-corrected chi connectivity index (χ2v) is 10.4. The van der Waals surface area contributed by atoms with Gasteiger partial charge in [0.05, 0.1) is 11.7 Å². The molecule has 3 aliphatic heterocycles. The second kappa shape index (κ2) is 8.77. The van der Waals surface area contributed by atoms with Crippen LogP contribution >= 0.6 is 0 Å². The van der Waals surface area contributed by atoms with Crippen molar-refractivity contribution in [1.29, 1.82) is 0 Å². The molecule has 0 bridgehead atoms. The van der Waals surface area contributed by atoms with Gasteiger partial charge < -0.3 is 15.1 Å². The molecule has 0 amide bonds. The Bertz CT molecular complexity index is 951. The van der Waals surface area contributed by atoms with Gasteiger partial charge in [-0.3, -0.25) is 9.88 Å². The molecule has 4 aliphatic rings. The van der Waals surface area contributed by atoms with Crippen molar-refractivity contribution in [3.05, 3.63) is 58.9 Å². The summed E-state index contributed by atoms with van der Waals surface area (Å²) in [6, 6.07) is 12.4. The molecular weight excluding hydrogens is 394 g/mol. The number of anilines is 1. The smallest absolute Gasteiger partial charge is 0.0610 e. The number of rotatable bonds is 3. The largest absolute Gasteiger partial charge is 0.369 e. The lowest BCUT2D eigenvalue weighted by molar-refractivity contribution is 0.0661. The van der Waals surface area contributed by atoms with E-state index >= 15 is 0 Å². The molecule has 2 aromatic rings. The van der Waals surface area contributed by atoms with Gasteiger partial charge in [0.1, 0.15) is 0 Å². The van der Waals surface area contributed by atoms with Crippen LogP contribution in [0.15, 0.2) is 36.5 Å². The minimum Gasteiger partial charge on any atom is -0.369 e. The van der Waals surface area contributed by atoms with Crippen LogP contribution in [-0.2, 0) is 19.4 Å². The number of aromatic nitrogens is 1. The number of pyridine rings is 1. The lowest BCUT2D eigenvalue weighted by atomic mass is 9.76. The summed E-state index contributed by atoms with van der Waals surface area (Å²) in [7, 11) is 2.24. The number of hydrogen-bond acceptors (Lipinski definition) is 5. The Morgan fingerprint density at radius 2 is 1.88 bits per heavy atom. The van der Waals surface area contributed by atoms with E-state index in [1.54, 1.807) is 5.56 Å². The molecule has 2 saturated heterocycles. The first-order chi connectivity index (χ1) is 15.8. The van der Waals surface area contributed by atoms with E-state index in [0.717, 1.165) is 51.6 Å². The summed E-state index contributed by atoms with van der Waals surface area (Å²) in [6.07, 6.45) is 8.38. The number of likely N-dealkylation sites (N-methyl/N-ethyl adjacent to an activating group) is 1. The lowest BCUT2D eigenvalue weighted by Gasteiger charge is -2.46. The van der Waals surface area contributed by atoms with Crippen LogP contribution in [0, 0.1) is 5.92 Å². The van der Waals surface area contributed by atoms with Crippen LogP contribution in [0.3, 0.4) is 0 Å². The van der Waals surface area contributed by atoms with Crippen LogP contribution in [0.5, 0.6) is 0 Å². The summed E-state index contributed by atoms with van der Waals surface area (Å²) in [5, 5.41) is 3.89. The molecule has 1 aromatic carbocycles. The first kappa shape index (κ1) is 20.6.